The van der Waals surface area contributed by atoms with Crippen LogP contribution in [-0.2, 0) is 14.3 Å². The molecular weight excluding hydrogens is 280 g/mol. The number of carbonyl (C=O) groups excluding carboxylic acids is 1. The highest BCUT2D eigenvalue weighted by molar-refractivity contribution is 6.88. The average molecular weight is 304 g/mol. The van der Waals surface area contributed by atoms with Crippen LogP contribution in [0.4, 0.5) is 0 Å². The van der Waals surface area contributed by atoms with Crippen LogP contribution in [0.1, 0.15) is 18.9 Å². The Morgan fingerprint density at radius 3 is 2.48 bits per heavy atom. The molecule has 21 heavy (non-hydrogen) atoms. The van der Waals surface area contributed by atoms with Crippen LogP contribution < -0.4 is 5.19 Å². The van der Waals surface area contributed by atoms with E-state index in [1.807, 2.05) is 6.92 Å². The lowest BCUT2D eigenvalue weighted by Gasteiger charge is -2.21. The van der Waals surface area contributed by atoms with Crippen LogP contribution in [0.3, 0.4) is 0 Å². The second-order valence-electron chi connectivity index (χ2n) is 6.31. The molecule has 3 nitrogen and oxygen atoms in total. The number of ether oxygens (including phenoxy) is 2. The first kappa shape index (κ1) is 16.0. The Morgan fingerprint density at radius 1 is 1.24 bits per heavy atom. The van der Waals surface area contributed by atoms with Crippen molar-refractivity contribution in [2.75, 3.05) is 19.8 Å². The summed E-state index contributed by atoms with van der Waals surface area (Å²) in [6, 6.07) is 8.67. The van der Waals surface area contributed by atoms with Gasteiger partial charge in [0.1, 0.15) is 0 Å². The van der Waals surface area contributed by atoms with Gasteiger partial charge in [-0.2, -0.15) is 0 Å². The molecular formula is C17H24O3Si. The molecule has 1 aromatic rings. The maximum atomic E-state index is 12.1. The van der Waals surface area contributed by atoms with Gasteiger partial charge in [0.2, 0.25) is 0 Å². The van der Waals surface area contributed by atoms with Crippen LogP contribution >= 0.6 is 0 Å². The normalized spacial score (nSPS) is 16.0. The third-order valence-electron chi connectivity index (χ3n) is 3.73. The molecule has 1 aliphatic rings. The van der Waals surface area contributed by atoms with Gasteiger partial charge in [-0.1, -0.05) is 49.1 Å². The molecule has 0 aromatic heterocycles. The molecule has 0 amide bonds. The van der Waals surface area contributed by atoms with Gasteiger partial charge in [0.25, 0.3) is 0 Å². The number of hydrogen-bond acceptors (Lipinski definition) is 3. The molecule has 0 bridgehead atoms. The van der Waals surface area contributed by atoms with Crippen LogP contribution in [0, 0.1) is 0 Å². The number of esters is 1. The zero-order chi connectivity index (χ0) is 15.5. The minimum Gasteiger partial charge on any atom is -0.463 e. The first-order chi connectivity index (χ1) is 9.93. The SMILES string of the molecule is CCOC(=O)C1=C(c2ccc([Si](C)(C)C)cc2)CCOC1. The minimum atomic E-state index is -1.29. The number of carbonyl (C=O) groups is 1. The monoisotopic (exact) mass is 304 g/mol. The van der Waals surface area contributed by atoms with Gasteiger partial charge in [-0.3, -0.25) is 0 Å². The fourth-order valence-electron chi connectivity index (χ4n) is 2.48. The van der Waals surface area contributed by atoms with Gasteiger partial charge in [-0.15, -0.1) is 0 Å². The second kappa shape index (κ2) is 6.58. The molecule has 0 saturated carbocycles. The quantitative estimate of drug-likeness (QED) is 0.634. The van der Waals surface area contributed by atoms with Gasteiger partial charge in [-0.25, -0.2) is 4.79 Å². The molecule has 1 heterocycles. The number of benzene rings is 1. The lowest BCUT2D eigenvalue weighted by molar-refractivity contribution is -0.139. The van der Waals surface area contributed by atoms with Crippen molar-refractivity contribution in [1.82, 2.24) is 0 Å². The third kappa shape index (κ3) is 3.83. The fourth-order valence-corrected chi connectivity index (χ4v) is 3.64. The van der Waals surface area contributed by atoms with Crippen molar-refractivity contribution >= 4 is 24.8 Å². The predicted octanol–water partition coefficient (Wildman–Crippen LogP) is 2.97. The predicted molar refractivity (Wildman–Crippen MR) is 88.4 cm³/mol. The van der Waals surface area contributed by atoms with E-state index >= 15 is 0 Å². The molecule has 4 heteroatoms. The van der Waals surface area contributed by atoms with Crippen molar-refractivity contribution in [1.29, 1.82) is 0 Å². The van der Waals surface area contributed by atoms with E-state index in [-0.39, 0.29) is 5.97 Å². The summed E-state index contributed by atoms with van der Waals surface area (Å²) < 4.78 is 10.6. The van der Waals surface area contributed by atoms with E-state index in [2.05, 4.69) is 43.9 Å². The summed E-state index contributed by atoms with van der Waals surface area (Å²) in [6.07, 6.45) is 0.764. The zero-order valence-electron chi connectivity index (χ0n) is 13.4. The lowest BCUT2D eigenvalue weighted by atomic mass is 9.96. The summed E-state index contributed by atoms with van der Waals surface area (Å²) >= 11 is 0. The Hall–Kier alpha value is -1.39. The van der Waals surface area contributed by atoms with Crippen molar-refractivity contribution in [3.63, 3.8) is 0 Å². The van der Waals surface area contributed by atoms with Crippen LogP contribution in [-0.4, -0.2) is 33.9 Å². The molecule has 114 valence electrons. The van der Waals surface area contributed by atoms with Crippen LogP contribution in [0.15, 0.2) is 29.8 Å². The van der Waals surface area contributed by atoms with Crippen molar-refractivity contribution in [3.8, 4) is 0 Å². The summed E-state index contributed by atoms with van der Waals surface area (Å²) in [6.45, 7) is 10.2. The summed E-state index contributed by atoms with van der Waals surface area (Å²) in [5.74, 6) is -0.249. The van der Waals surface area contributed by atoms with Crippen molar-refractivity contribution < 1.29 is 14.3 Å². The number of hydrogen-bond donors (Lipinski definition) is 0. The first-order valence-corrected chi connectivity index (χ1v) is 11.0. The van der Waals surface area contributed by atoms with Crippen molar-refractivity contribution in [2.24, 2.45) is 0 Å². The highest BCUT2D eigenvalue weighted by atomic mass is 28.3. The maximum Gasteiger partial charge on any atom is 0.336 e. The van der Waals surface area contributed by atoms with Crippen molar-refractivity contribution in [2.45, 2.75) is 33.0 Å². The van der Waals surface area contributed by atoms with Gasteiger partial charge in [0.05, 0.1) is 33.5 Å². The van der Waals surface area contributed by atoms with E-state index in [9.17, 15) is 4.79 Å². The van der Waals surface area contributed by atoms with Gasteiger partial charge < -0.3 is 9.47 Å². The summed E-state index contributed by atoms with van der Waals surface area (Å²) in [7, 11) is -1.29. The second-order valence-corrected chi connectivity index (χ2v) is 11.4. The van der Waals surface area contributed by atoms with Gasteiger partial charge in [0, 0.05) is 0 Å². The van der Waals surface area contributed by atoms with E-state index < -0.39 is 8.07 Å². The van der Waals surface area contributed by atoms with Gasteiger partial charge in [0.15, 0.2) is 0 Å². The Kier molecular flexibility index (Phi) is 5.01. The highest BCUT2D eigenvalue weighted by Crippen LogP contribution is 2.27. The average Bonchev–Trinajstić information content (AvgIpc) is 2.47. The smallest absolute Gasteiger partial charge is 0.336 e. The molecule has 2 rings (SSSR count). The molecule has 0 radical (unpaired) electrons. The van der Waals surface area contributed by atoms with E-state index in [4.69, 9.17) is 9.47 Å². The molecule has 0 saturated heterocycles. The Bertz CT molecular complexity index is 538. The molecule has 0 aliphatic carbocycles. The van der Waals surface area contributed by atoms with E-state index in [0.717, 1.165) is 17.6 Å². The Labute approximate surface area is 128 Å². The van der Waals surface area contributed by atoms with Crippen LogP contribution in [0.2, 0.25) is 19.6 Å². The van der Waals surface area contributed by atoms with E-state index in [1.165, 1.54) is 5.19 Å². The lowest BCUT2D eigenvalue weighted by Crippen LogP contribution is -2.37. The molecule has 0 fully saturated rings. The number of rotatable bonds is 4. The highest BCUT2D eigenvalue weighted by Gasteiger charge is 2.22. The molecule has 0 atom stereocenters. The topological polar surface area (TPSA) is 35.5 Å². The standard InChI is InChI=1S/C17H24O3Si/c1-5-20-17(18)16-12-19-11-10-15(16)13-6-8-14(9-7-13)21(2,3)4/h6-9H,5,10-12H2,1-4H3. The van der Waals surface area contributed by atoms with Gasteiger partial charge >= 0.3 is 5.97 Å². The van der Waals surface area contributed by atoms with Crippen molar-refractivity contribution in [3.05, 3.63) is 35.4 Å². The van der Waals surface area contributed by atoms with E-state index in [0.29, 0.717) is 25.4 Å². The largest absolute Gasteiger partial charge is 0.463 e. The summed E-state index contributed by atoms with van der Waals surface area (Å²) in [5.41, 5.74) is 2.86. The fraction of sp³-hybridized carbons (Fsp3) is 0.471. The molecule has 1 aliphatic heterocycles. The summed E-state index contributed by atoms with van der Waals surface area (Å²) in [4.78, 5) is 12.1. The maximum absolute atomic E-state index is 12.1. The molecule has 0 spiro atoms. The van der Waals surface area contributed by atoms with E-state index in [1.54, 1.807) is 0 Å². The Morgan fingerprint density at radius 2 is 1.90 bits per heavy atom. The van der Waals surface area contributed by atoms with Crippen LogP contribution in [0.25, 0.3) is 5.57 Å². The molecule has 0 N–H and O–H groups in total. The third-order valence-corrected chi connectivity index (χ3v) is 5.79. The molecule has 0 unspecified atom stereocenters. The summed E-state index contributed by atoms with van der Waals surface area (Å²) in [5, 5.41) is 1.43. The minimum absolute atomic E-state index is 0.249. The first-order valence-electron chi connectivity index (χ1n) is 7.51. The zero-order valence-corrected chi connectivity index (χ0v) is 14.4. The Balaban J connectivity index is 2.35. The van der Waals surface area contributed by atoms with Gasteiger partial charge in [-0.05, 0) is 24.5 Å². The molecule has 1 aromatic carbocycles. The van der Waals surface area contributed by atoms with Crippen LogP contribution in [0.5, 0.6) is 0 Å².